The van der Waals surface area contributed by atoms with Crippen LogP contribution in [0.15, 0.2) is 36.4 Å². The highest BCUT2D eigenvalue weighted by Gasteiger charge is 2.12. The molecule has 19 heavy (non-hydrogen) atoms. The average molecular weight is 258 g/mol. The van der Waals surface area contributed by atoms with Gasteiger partial charge in [-0.2, -0.15) is 0 Å². The summed E-state index contributed by atoms with van der Waals surface area (Å²) in [5, 5.41) is 8.94. The maximum atomic E-state index is 13.8. The lowest BCUT2D eigenvalue weighted by molar-refractivity contribution is 0.281. The molecule has 1 aliphatic carbocycles. The Morgan fingerprint density at radius 1 is 1.05 bits per heavy atom. The molecule has 0 bridgehead atoms. The van der Waals surface area contributed by atoms with E-state index in [9.17, 15) is 4.39 Å². The Balaban J connectivity index is 1.85. The van der Waals surface area contributed by atoms with Crippen LogP contribution in [0, 0.1) is 5.82 Å². The van der Waals surface area contributed by atoms with Crippen LogP contribution in [-0.2, 0) is 19.4 Å². The van der Waals surface area contributed by atoms with Crippen LogP contribution < -0.4 is 4.74 Å². The molecule has 2 aromatic carbocycles. The van der Waals surface area contributed by atoms with Crippen molar-refractivity contribution in [3.63, 3.8) is 0 Å². The van der Waals surface area contributed by atoms with Crippen LogP contribution in [0.4, 0.5) is 4.39 Å². The van der Waals surface area contributed by atoms with E-state index < -0.39 is 5.82 Å². The number of benzene rings is 2. The first-order chi connectivity index (χ1) is 9.26. The minimum atomic E-state index is -0.452. The first kappa shape index (κ1) is 12.2. The number of aryl methyl sites for hydroxylation is 2. The standard InChI is InChI=1S/C16H15FO2/c17-15-8-11(10-18)4-7-16(15)19-14-6-5-12-2-1-3-13(12)9-14/h4-9,18H,1-3,10H2. The normalized spacial score (nSPS) is 13.4. The SMILES string of the molecule is OCc1ccc(Oc2ccc3c(c2)CCC3)c(F)c1. The summed E-state index contributed by atoms with van der Waals surface area (Å²) in [6, 6.07) is 10.4. The molecule has 0 saturated heterocycles. The molecule has 0 amide bonds. The number of aliphatic hydroxyl groups excluding tert-OH is 1. The van der Waals surface area contributed by atoms with Crippen LogP contribution in [0.3, 0.4) is 0 Å². The monoisotopic (exact) mass is 258 g/mol. The van der Waals surface area contributed by atoms with Crippen molar-refractivity contribution in [3.8, 4) is 11.5 Å². The Bertz CT molecular complexity index is 608. The van der Waals surface area contributed by atoms with Crippen molar-refractivity contribution in [3.05, 3.63) is 58.9 Å². The molecule has 0 heterocycles. The molecule has 0 unspecified atom stereocenters. The summed E-state index contributed by atoms with van der Waals surface area (Å²) in [6.07, 6.45) is 3.37. The number of hydrogen-bond acceptors (Lipinski definition) is 2. The average Bonchev–Trinajstić information content (AvgIpc) is 2.88. The smallest absolute Gasteiger partial charge is 0.166 e. The first-order valence-electron chi connectivity index (χ1n) is 6.45. The molecule has 1 aliphatic rings. The molecule has 0 radical (unpaired) electrons. The predicted molar refractivity (Wildman–Crippen MR) is 70.9 cm³/mol. The lowest BCUT2D eigenvalue weighted by atomic mass is 10.1. The van der Waals surface area contributed by atoms with Crippen molar-refractivity contribution in [1.82, 2.24) is 0 Å². The Labute approximate surface area is 111 Å². The van der Waals surface area contributed by atoms with Crippen molar-refractivity contribution < 1.29 is 14.2 Å². The van der Waals surface area contributed by atoms with Crippen LogP contribution in [0.2, 0.25) is 0 Å². The van der Waals surface area contributed by atoms with Gasteiger partial charge in [-0.25, -0.2) is 4.39 Å². The number of halogens is 1. The highest BCUT2D eigenvalue weighted by Crippen LogP contribution is 2.30. The predicted octanol–water partition coefficient (Wildman–Crippen LogP) is 3.60. The van der Waals surface area contributed by atoms with E-state index in [1.165, 1.54) is 23.6 Å². The van der Waals surface area contributed by atoms with Gasteiger partial charge in [-0.1, -0.05) is 12.1 Å². The minimum Gasteiger partial charge on any atom is -0.454 e. The van der Waals surface area contributed by atoms with E-state index in [1.807, 2.05) is 12.1 Å². The molecule has 0 atom stereocenters. The summed E-state index contributed by atoms with van der Waals surface area (Å²) in [5.74, 6) is 0.401. The third-order valence-electron chi connectivity index (χ3n) is 3.48. The summed E-state index contributed by atoms with van der Waals surface area (Å²) in [6.45, 7) is -0.171. The zero-order valence-electron chi connectivity index (χ0n) is 10.5. The van der Waals surface area contributed by atoms with Crippen LogP contribution in [0.1, 0.15) is 23.1 Å². The number of fused-ring (bicyclic) bond motifs is 1. The van der Waals surface area contributed by atoms with E-state index in [2.05, 4.69) is 6.07 Å². The molecule has 1 N–H and O–H groups in total. The summed E-state index contributed by atoms with van der Waals surface area (Å²) in [5.41, 5.74) is 3.20. The molecular formula is C16H15FO2. The fourth-order valence-electron chi connectivity index (χ4n) is 2.46. The lowest BCUT2D eigenvalue weighted by Gasteiger charge is -2.09. The molecule has 3 rings (SSSR count). The van der Waals surface area contributed by atoms with Crippen LogP contribution >= 0.6 is 0 Å². The molecular weight excluding hydrogens is 243 g/mol. The van der Waals surface area contributed by atoms with Crippen molar-refractivity contribution in [1.29, 1.82) is 0 Å². The van der Waals surface area contributed by atoms with E-state index >= 15 is 0 Å². The topological polar surface area (TPSA) is 29.5 Å². The van der Waals surface area contributed by atoms with Crippen LogP contribution in [0.5, 0.6) is 11.5 Å². The van der Waals surface area contributed by atoms with E-state index in [1.54, 1.807) is 12.1 Å². The molecule has 3 heteroatoms. The third-order valence-corrected chi connectivity index (χ3v) is 3.48. The van der Waals surface area contributed by atoms with Gasteiger partial charge in [0.2, 0.25) is 0 Å². The van der Waals surface area contributed by atoms with Gasteiger partial charge in [0.1, 0.15) is 5.75 Å². The van der Waals surface area contributed by atoms with Gasteiger partial charge >= 0.3 is 0 Å². The maximum absolute atomic E-state index is 13.8. The Morgan fingerprint density at radius 2 is 1.89 bits per heavy atom. The van der Waals surface area contributed by atoms with Gasteiger partial charge in [0.25, 0.3) is 0 Å². The molecule has 2 aromatic rings. The number of aliphatic hydroxyl groups is 1. The molecule has 0 aliphatic heterocycles. The van der Waals surface area contributed by atoms with Crippen LogP contribution in [-0.4, -0.2) is 5.11 Å². The number of ether oxygens (including phenoxy) is 1. The van der Waals surface area contributed by atoms with Gasteiger partial charge < -0.3 is 9.84 Å². The number of hydrogen-bond donors (Lipinski definition) is 1. The van der Waals surface area contributed by atoms with Gasteiger partial charge in [-0.05, 0) is 60.2 Å². The summed E-state index contributed by atoms with van der Waals surface area (Å²) in [7, 11) is 0. The van der Waals surface area contributed by atoms with Gasteiger partial charge in [0.15, 0.2) is 11.6 Å². The van der Waals surface area contributed by atoms with Crippen molar-refractivity contribution in [2.45, 2.75) is 25.9 Å². The highest BCUT2D eigenvalue weighted by atomic mass is 19.1. The first-order valence-corrected chi connectivity index (χ1v) is 6.45. The fraction of sp³-hybridized carbons (Fsp3) is 0.250. The third kappa shape index (κ3) is 2.47. The van der Waals surface area contributed by atoms with Crippen molar-refractivity contribution in [2.75, 3.05) is 0 Å². The summed E-state index contributed by atoms with van der Waals surface area (Å²) >= 11 is 0. The molecule has 0 spiro atoms. The van der Waals surface area contributed by atoms with Crippen molar-refractivity contribution >= 4 is 0 Å². The maximum Gasteiger partial charge on any atom is 0.166 e. The summed E-state index contributed by atoms with van der Waals surface area (Å²) < 4.78 is 19.3. The van der Waals surface area contributed by atoms with E-state index in [4.69, 9.17) is 9.84 Å². The van der Waals surface area contributed by atoms with Gasteiger partial charge in [-0.15, -0.1) is 0 Å². The second-order valence-electron chi connectivity index (χ2n) is 4.81. The zero-order valence-corrected chi connectivity index (χ0v) is 10.5. The quantitative estimate of drug-likeness (QED) is 0.911. The second-order valence-corrected chi connectivity index (χ2v) is 4.81. The molecule has 0 aromatic heterocycles. The zero-order chi connectivity index (χ0) is 13.2. The fourth-order valence-corrected chi connectivity index (χ4v) is 2.46. The Kier molecular flexibility index (Phi) is 3.22. The second kappa shape index (κ2) is 5.02. The molecule has 0 saturated carbocycles. The van der Waals surface area contributed by atoms with E-state index in [0.29, 0.717) is 11.3 Å². The lowest BCUT2D eigenvalue weighted by Crippen LogP contribution is -1.92. The largest absolute Gasteiger partial charge is 0.454 e. The molecule has 98 valence electrons. The van der Waals surface area contributed by atoms with Gasteiger partial charge in [-0.3, -0.25) is 0 Å². The number of rotatable bonds is 3. The van der Waals surface area contributed by atoms with Gasteiger partial charge in [0, 0.05) is 0 Å². The summed E-state index contributed by atoms with van der Waals surface area (Å²) in [4.78, 5) is 0. The molecule has 0 fully saturated rings. The Hall–Kier alpha value is -1.87. The van der Waals surface area contributed by atoms with Crippen LogP contribution in [0.25, 0.3) is 0 Å². The Morgan fingerprint density at radius 3 is 2.68 bits per heavy atom. The van der Waals surface area contributed by atoms with Gasteiger partial charge in [0.05, 0.1) is 6.61 Å². The minimum absolute atomic E-state index is 0.171. The van der Waals surface area contributed by atoms with Crippen molar-refractivity contribution in [2.24, 2.45) is 0 Å². The van der Waals surface area contributed by atoms with E-state index in [-0.39, 0.29) is 12.4 Å². The molecule has 2 nitrogen and oxygen atoms in total. The van der Waals surface area contributed by atoms with E-state index in [0.717, 1.165) is 12.8 Å². The highest BCUT2D eigenvalue weighted by molar-refractivity contribution is 5.41.